The van der Waals surface area contributed by atoms with E-state index in [0.717, 1.165) is 5.56 Å². The normalized spacial score (nSPS) is 11.6. The number of carboxylic acid groups (broad SMARTS) is 3. The number of aliphatic hydroxyl groups excluding tert-OH is 2. The zero-order valence-corrected chi connectivity index (χ0v) is 17.3. The molecule has 2 unspecified atom stereocenters. The van der Waals surface area contributed by atoms with E-state index in [1.165, 1.54) is 24.3 Å². The van der Waals surface area contributed by atoms with Gasteiger partial charge in [-0.25, -0.2) is 9.59 Å². The second-order valence-corrected chi connectivity index (χ2v) is 6.39. The number of hydrogen-bond donors (Lipinski definition) is 5. The summed E-state index contributed by atoms with van der Waals surface area (Å²) in [5.41, 5.74) is 0.463. The minimum Gasteiger partial charge on any atom is -0.481 e. The van der Waals surface area contributed by atoms with Crippen LogP contribution < -0.4 is 0 Å². The van der Waals surface area contributed by atoms with Crippen LogP contribution in [0.25, 0.3) is 0 Å². The molecule has 0 aliphatic carbocycles. The Labute approximate surface area is 180 Å². The average molecular weight is 436 g/mol. The van der Waals surface area contributed by atoms with Gasteiger partial charge in [0.2, 0.25) is 0 Å². The van der Waals surface area contributed by atoms with Crippen LogP contribution in [0.15, 0.2) is 54.6 Å². The van der Waals surface area contributed by atoms with Gasteiger partial charge in [0.25, 0.3) is 0 Å². The summed E-state index contributed by atoms with van der Waals surface area (Å²) < 4.78 is 4.95. The van der Waals surface area contributed by atoms with Gasteiger partial charge in [-0.3, -0.25) is 4.79 Å². The van der Waals surface area contributed by atoms with Crippen molar-refractivity contribution in [3.63, 3.8) is 0 Å². The molecule has 2 rings (SSSR count). The first-order chi connectivity index (χ1) is 14.6. The molecule has 0 radical (unpaired) electrons. The van der Waals surface area contributed by atoms with Gasteiger partial charge in [0.1, 0.15) is 0 Å². The number of benzene rings is 2. The summed E-state index contributed by atoms with van der Waals surface area (Å²) in [6, 6.07) is 14.6. The Kier molecular flexibility index (Phi) is 13.9. The van der Waals surface area contributed by atoms with Gasteiger partial charge in [0.05, 0.1) is 43.0 Å². The van der Waals surface area contributed by atoms with Gasteiger partial charge in [0.15, 0.2) is 0 Å². The van der Waals surface area contributed by atoms with E-state index < -0.39 is 24.0 Å². The van der Waals surface area contributed by atoms with Gasteiger partial charge in [-0.15, -0.1) is 0 Å². The molecule has 2 aromatic rings. The summed E-state index contributed by atoms with van der Waals surface area (Å²) in [5, 5.41) is 42.6. The molecule has 0 saturated heterocycles. The molecule has 9 heteroatoms. The summed E-state index contributed by atoms with van der Waals surface area (Å²) >= 11 is 0. The highest BCUT2D eigenvalue weighted by atomic mass is 16.5. The lowest BCUT2D eigenvalue weighted by Gasteiger charge is -2.10. The number of carbonyl (C=O) groups is 3. The first kappa shape index (κ1) is 27.7. The highest BCUT2D eigenvalue weighted by Crippen LogP contribution is 2.07. The van der Waals surface area contributed by atoms with Crippen molar-refractivity contribution in [2.45, 2.75) is 32.5 Å². The average Bonchev–Trinajstić information content (AvgIpc) is 2.73. The Morgan fingerprint density at radius 1 is 0.839 bits per heavy atom. The van der Waals surface area contributed by atoms with Gasteiger partial charge in [-0.05, 0) is 31.5 Å². The van der Waals surface area contributed by atoms with E-state index in [9.17, 15) is 14.4 Å². The maximum absolute atomic E-state index is 10.5. The third kappa shape index (κ3) is 13.6. The Morgan fingerprint density at radius 3 is 1.65 bits per heavy atom. The molecular formula is C22H28O9. The highest BCUT2D eigenvalue weighted by molar-refractivity contribution is 6.01. The molecule has 31 heavy (non-hydrogen) atoms. The molecule has 2 atom stereocenters. The van der Waals surface area contributed by atoms with E-state index in [1.807, 2.05) is 18.2 Å². The van der Waals surface area contributed by atoms with Crippen molar-refractivity contribution in [1.82, 2.24) is 0 Å². The molecule has 170 valence electrons. The number of aliphatic carboxylic acids is 1. The fourth-order valence-electron chi connectivity index (χ4n) is 1.98. The molecule has 0 bridgehead atoms. The van der Waals surface area contributed by atoms with E-state index in [4.69, 9.17) is 30.3 Å². The van der Waals surface area contributed by atoms with Crippen LogP contribution in [0.5, 0.6) is 0 Å². The van der Waals surface area contributed by atoms with Crippen molar-refractivity contribution in [3.8, 4) is 0 Å². The number of aliphatic hydroxyl groups is 2. The molecule has 0 heterocycles. The standard InChI is InChI=1S/C8H6O4.C8H8O2.C6H14O3/c9-7(10)5-3-1-2-4-6(5)8(11)12;9-8(10)6-7-4-2-1-3-5-7;1-5(8)4-9-6(2)3-7/h1-4H,(H,9,10)(H,11,12);1-5H,6H2,(H,9,10);5-8H,3-4H2,1-2H3. The smallest absolute Gasteiger partial charge is 0.336 e. The van der Waals surface area contributed by atoms with Gasteiger partial charge < -0.3 is 30.3 Å². The fraction of sp³-hybridized carbons (Fsp3) is 0.318. The Hall–Kier alpha value is -3.27. The highest BCUT2D eigenvalue weighted by Gasteiger charge is 2.13. The SMILES string of the molecule is CC(O)COC(C)CO.O=C(O)Cc1ccccc1.O=C(O)c1ccccc1C(=O)O. The van der Waals surface area contributed by atoms with E-state index in [-0.39, 0.29) is 30.3 Å². The molecule has 0 saturated carbocycles. The lowest BCUT2D eigenvalue weighted by atomic mass is 10.1. The number of hydrogen-bond acceptors (Lipinski definition) is 6. The quantitative estimate of drug-likeness (QED) is 0.417. The van der Waals surface area contributed by atoms with Gasteiger partial charge in [0, 0.05) is 0 Å². The van der Waals surface area contributed by atoms with Crippen LogP contribution in [0.3, 0.4) is 0 Å². The summed E-state index contributed by atoms with van der Waals surface area (Å²) in [7, 11) is 0. The predicted octanol–water partition coefficient (Wildman–Crippen LogP) is 2.16. The van der Waals surface area contributed by atoms with Crippen LogP contribution in [-0.2, 0) is 16.0 Å². The van der Waals surface area contributed by atoms with Crippen molar-refractivity contribution in [2.24, 2.45) is 0 Å². The second-order valence-electron chi connectivity index (χ2n) is 6.39. The van der Waals surface area contributed by atoms with Crippen molar-refractivity contribution >= 4 is 17.9 Å². The zero-order chi connectivity index (χ0) is 23.8. The van der Waals surface area contributed by atoms with Gasteiger partial charge >= 0.3 is 17.9 Å². The third-order valence-corrected chi connectivity index (χ3v) is 3.47. The Bertz CT molecular complexity index is 771. The topological polar surface area (TPSA) is 162 Å². The number of carboxylic acids is 3. The van der Waals surface area contributed by atoms with Crippen LogP contribution in [0.1, 0.15) is 40.1 Å². The maximum atomic E-state index is 10.5. The van der Waals surface area contributed by atoms with Crippen molar-refractivity contribution in [3.05, 3.63) is 71.3 Å². The Morgan fingerprint density at radius 2 is 1.29 bits per heavy atom. The first-order valence-electron chi connectivity index (χ1n) is 9.30. The summed E-state index contributed by atoms with van der Waals surface area (Å²) in [6.45, 7) is 3.70. The molecular weight excluding hydrogens is 408 g/mol. The fourth-order valence-corrected chi connectivity index (χ4v) is 1.98. The first-order valence-corrected chi connectivity index (χ1v) is 9.30. The van der Waals surface area contributed by atoms with Crippen molar-refractivity contribution < 1.29 is 44.7 Å². The van der Waals surface area contributed by atoms with Crippen LogP contribution >= 0.6 is 0 Å². The largest absolute Gasteiger partial charge is 0.481 e. The second kappa shape index (κ2) is 15.6. The third-order valence-electron chi connectivity index (χ3n) is 3.47. The summed E-state index contributed by atoms with van der Waals surface area (Å²) in [5.74, 6) is -3.24. The molecule has 0 spiro atoms. The molecule has 0 aliphatic heterocycles. The molecule has 5 N–H and O–H groups in total. The predicted molar refractivity (Wildman–Crippen MR) is 112 cm³/mol. The molecule has 0 amide bonds. The van der Waals surface area contributed by atoms with Crippen LogP contribution in [0.4, 0.5) is 0 Å². The van der Waals surface area contributed by atoms with E-state index in [0.29, 0.717) is 6.61 Å². The lowest BCUT2D eigenvalue weighted by molar-refractivity contribution is -0.136. The van der Waals surface area contributed by atoms with Gasteiger partial charge in [-0.1, -0.05) is 42.5 Å². The number of aromatic carboxylic acids is 2. The maximum Gasteiger partial charge on any atom is 0.336 e. The molecule has 2 aromatic carbocycles. The van der Waals surface area contributed by atoms with E-state index in [2.05, 4.69) is 0 Å². The Balaban J connectivity index is 0.000000441. The monoisotopic (exact) mass is 436 g/mol. The van der Waals surface area contributed by atoms with Crippen molar-refractivity contribution in [1.29, 1.82) is 0 Å². The molecule has 0 aliphatic rings. The molecule has 0 aromatic heterocycles. The lowest BCUT2D eigenvalue weighted by Crippen LogP contribution is -2.19. The van der Waals surface area contributed by atoms with E-state index >= 15 is 0 Å². The van der Waals surface area contributed by atoms with Crippen LogP contribution in [0, 0.1) is 0 Å². The zero-order valence-electron chi connectivity index (χ0n) is 17.3. The molecule has 0 fully saturated rings. The number of rotatable bonds is 8. The number of ether oxygens (including phenoxy) is 1. The minimum absolute atomic E-state index is 0.00667. The van der Waals surface area contributed by atoms with Crippen LogP contribution in [0.2, 0.25) is 0 Å². The van der Waals surface area contributed by atoms with E-state index in [1.54, 1.807) is 26.0 Å². The minimum atomic E-state index is -1.23. The van der Waals surface area contributed by atoms with Gasteiger partial charge in [-0.2, -0.15) is 0 Å². The summed E-state index contributed by atoms with van der Waals surface area (Å²) in [4.78, 5) is 31.1. The molecule has 9 nitrogen and oxygen atoms in total. The van der Waals surface area contributed by atoms with Crippen molar-refractivity contribution in [2.75, 3.05) is 13.2 Å². The van der Waals surface area contributed by atoms with Crippen LogP contribution in [-0.4, -0.2) is 68.9 Å². The summed E-state index contributed by atoms with van der Waals surface area (Å²) in [6.07, 6.45) is -0.500.